The summed E-state index contributed by atoms with van der Waals surface area (Å²) in [7, 11) is 0. The van der Waals surface area contributed by atoms with Crippen LogP contribution in [0.25, 0.3) is 0 Å². The first kappa shape index (κ1) is 24.4. The van der Waals surface area contributed by atoms with Crippen LogP contribution in [0.4, 0.5) is 0 Å². The van der Waals surface area contributed by atoms with Crippen molar-refractivity contribution in [3.8, 4) is 0 Å². The molecule has 0 unspecified atom stereocenters. The van der Waals surface area contributed by atoms with E-state index in [0.717, 1.165) is 67.0 Å². The SMILES string of the molecule is CC(=O)N1CCc2ccc(C(=O)CCCCNCCc3ccccc3Cl)cc2C1.Cl. The van der Waals surface area contributed by atoms with Crippen LogP contribution in [0.15, 0.2) is 42.5 Å². The molecule has 2 aromatic rings. The fourth-order valence-electron chi connectivity index (χ4n) is 3.73. The lowest BCUT2D eigenvalue weighted by atomic mass is 9.95. The molecule has 3 rings (SSSR count). The van der Waals surface area contributed by atoms with Gasteiger partial charge in [-0.1, -0.05) is 41.9 Å². The Bertz CT molecular complexity index is 870. The number of rotatable bonds is 9. The average molecular weight is 449 g/mol. The summed E-state index contributed by atoms with van der Waals surface area (Å²) in [5.41, 5.74) is 4.29. The minimum absolute atomic E-state index is 0. The Labute approximate surface area is 190 Å². The highest BCUT2D eigenvalue weighted by atomic mass is 35.5. The summed E-state index contributed by atoms with van der Waals surface area (Å²) >= 11 is 6.16. The molecule has 0 aliphatic carbocycles. The lowest BCUT2D eigenvalue weighted by molar-refractivity contribution is -0.129. The third kappa shape index (κ3) is 6.83. The number of amides is 1. The topological polar surface area (TPSA) is 49.4 Å². The molecule has 0 spiro atoms. The number of carbonyl (C=O) groups excluding carboxylic acids is 2. The lowest BCUT2D eigenvalue weighted by Crippen LogP contribution is -2.34. The first-order valence-electron chi connectivity index (χ1n) is 10.4. The normalized spacial score (nSPS) is 12.8. The van der Waals surface area contributed by atoms with E-state index in [1.165, 1.54) is 5.56 Å². The van der Waals surface area contributed by atoms with Gasteiger partial charge in [-0.25, -0.2) is 0 Å². The highest BCUT2D eigenvalue weighted by Gasteiger charge is 2.19. The van der Waals surface area contributed by atoms with Crippen molar-refractivity contribution >= 4 is 35.7 Å². The zero-order chi connectivity index (χ0) is 20.6. The second-order valence-corrected chi connectivity index (χ2v) is 8.05. The van der Waals surface area contributed by atoms with Gasteiger partial charge in [0, 0.05) is 37.0 Å². The first-order valence-corrected chi connectivity index (χ1v) is 10.8. The van der Waals surface area contributed by atoms with Crippen LogP contribution in [-0.4, -0.2) is 36.2 Å². The first-order chi connectivity index (χ1) is 14.0. The molecule has 0 radical (unpaired) electrons. The summed E-state index contributed by atoms with van der Waals surface area (Å²) in [6.07, 6.45) is 4.17. The van der Waals surface area contributed by atoms with Gasteiger partial charge in [0.15, 0.2) is 5.78 Å². The van der Waals surface area contributed by atoms with Crippen LogP contribution in [0, 0.1) is 0 Å². The number of benzene rings is 2. The second kappa shape index (κ2) is 12.1. The van der Waals surface area contributed by atoms with Crippen molar-refractivity contribution in [1.82, 2.24) is 10.2 Å². The fourth-order valence-corrected chi connectivity index (χ4v) is 3.96. The van der Waals surface area contributed by atoms with Crippen LogP contribution in [0.5, 0.6) is 0 Å². The summed E-state index contributed by atoms with van der Waals surface area (Å²) in [5.74, 6) is 0.276. The number of halogens is 2. The van der Waals surface area contributed by atoms with E-state index in [-0.39, 0.29) is 24.1 Å². The molecule has 1 aliphatic rings. The Morgan fingerprint density at radius 2 is 1.87 bits per heavy atom. The summed E-state index contributed by atoms with van der Waals surface area (Å²) in [4.78, 5) is 26.0. The number of nitrogens with one attached hydrogen (secondary N) is 1. The van der Waals surface area contributed by atoms with E-state index in [9.17, 15) is 9.59 Å². The van der Waals surface area contributed by atoms with E-state index < -0.39 is 0 Å². The van der Waals surface area contributed by atoms with E-state index >= 15 is 0 Å². The van der Waals surface area contributed by atoms with Crippen LogP contribution < -0.4 is 5.32 Å². The molecular formula is C24H30Cl2N2O2. The molecule has 1 heterocycles. The Morgan fingerprint density at radius 3 is 2.63 bits per heavy atom. The van der Waals surface area contributed by atoms with Crippen LogP contribution in [0.1, 0.15) is 53.2 Å². The van der Waals surface area contributed by atoms with Crippen molar-refractivity contribution in [2.45, 2.75) is 45.6 Å². The van der Waals surface area contributed by atoms with Gasteiger partial charge in [-0.3, -0.25) is 9.59 Å². The molecule has 2 aromatic carbocycles. The molecule has 6 heteroatoms. The molecule has 162 valence electrons. The predicted molar refractivity (Wildman–Crippen MR) is 125 cm³/mol. The monoisotopic (exact) mass is 448 g/mol. The van der Waals surface area contributed by atoms with Crippen molar-refractivity contribution in [3.05, 3.63) is 69.7 Å². The van der Waals surface area contributed by atoms with Gasteiger partial charge in [0.25, 0.3) is 0 Å². The zero-order valence-electron chi connectivity index (χ0n) is 17.5. The third-order valence-corrected chi connectivity index (χ3v) is 5.89. The fraction of sp³-hybridized carbons (Fsp3) is 0.417. The predicted octanol–water partition coefficient (Wildman–Crippen LogP) is 4.85. The largest absolute Gasteiger partial charge is 0.338 e. The number of hydrogen-bond acceptors (Lipinski definition) is 3. The Hall–Kier alpha value is -1.88. The number of Topliss-reactive ketones (excluding diaryl/α,β-unsaturated/α-hetero) is 1. The molecule has 30 heavy (non-hydrogen) atoms. The standard InChI is InChI=1S/C24H29ClN2O2.ClH/c1-18(28)27-15-12-19-9-10-21(16-22(19)17-27)24(29)8-4-5-13-26-14-11-20-6-2-3-7-23(20)25;/h2-3,6-7,9-10,16,26H,4-5,8,11-15,17H2,1H3;1H. The minimum Gasteiger partial charge on any atom is -0.338 e. The van der Waals surface area contributed by atoms with Gasteiger partial charge in [0.05, 0.1) is 0 Å². The number of ketones is 1. The highest BCUT2D eigenvalue weighted by molar-refractivity contribution is 6.31. The van der Waals surface area contributed by atoms with Gasteiger partial charge < -0.3 is 10.2 Å². The maximum Gasteiger partial charge on any atom is 0.219 e. The number of fused-ring (bicyclic) bond motifs is 1. The molecule has 0 saturated heterocycles. The second-order valence-electron chi connectivity index (χ2n) is 7.65. The molecule has 1 amide bonds. The van der Waals surface area contributed by atoms with E-state index in [1.807, 2.05) is 35.2 Å². The maximum absolute atomic E-state index is 12.5. The van der Waals surface area contributed by atoms with Crippen LogP contribution in [0.3, 0.4) is 0 Å². The number of hydrogen-bond donors (Lipinski definition) is 1. The Balaban J connectivity index is 0.00000320. The average Bonchev–Trinajstić information content (AvgIpc) is 2.73. The van der Waals surface area contributed by atoms with Crippen LogP contribution in [0.2, 0.25) is 5.02 Å². The maximum atomic E-state index is 12.5. The van der Waals surface area contributed by atoms with Crippen molar-refractivity contribution < 1.29 is 9.59 Å². The van der Waals surface area contributed by atoms with E-state index in [1.54, 1.807) is 6.92 Å². The molecule has 0 aromatic heterocycles. The van der Waals surface area contributed by atoms with Gasteiger partial charge in [0.2, 0.25) is 5.91 Å². The lowest BCUT2D eigenvalue weighted by Gasteiger charge is -2.28. The van der Waals surface area contributed by atoms with E-state index in [0.29, 0.717) is 13.0 Å². The molecule has 0 fully saturated rings. The van der Waals surface area contributed by atoms with Gasteiger partial charge in [-0.05, 0) is 67.6 Å². The summed E-state index contributed by atoms with van der Waals surface area (Å²) in [6.45, 7) is 4.76. The summed E-state index contributed by atoms with van der Waals surface area (Å²) in [5, 5.41) is 4.24. The van der Waals surface area contributed by atoms with Crippen LogP contribution in [-0.2, 0) is 24.2 Å². The van der Waals surface area contributed by atoms with Crippen molar-refractivity contribution in [2.75, 3.05) is 19.6 Å². The molecule has 0 bridgehead atoms. The molecule has 4 nitrogen and oxygen atoms in total. The van der Waals surface area contributed by atoms with E-state index in [2.05, 4.69) is 17.4 Å². The summed E-state index contributed by atoms with van der Waals surface area (Å²) < 4.78 is 0. The van der Waals surface area contributed by atoms with E-state index in [4.69, 9.17) is 11.6 Å². The zero-order valence-corrected chi connectivity index (χ0v) is 19.0. The van der Waals surface area contributed by atoms with Gasteiger partial charge in [-0.15, -0.1) is 12.4 Å². The molecule has 0 atom stereocenters. The van der Waals surface area contributed by atoms with Gasteiger partial charge in [-0.2, -0.15) is 0 Å². The quantitative estimate of drug-likeness (QED) is 0.440. The van der Waals surface area contributed by atoms with Gasteiger partial charge in [0.1, 0.15) is 0 Å². The smallest absolute Gasteiger partial charge is 0.219 e. The molecule has 1 N–H and O–H groups in total. The number of unbranched alkanes of at least 4 members (excludes halogenated alkanes) is 1. The Morgan fingerprint density at radius 1 is 1.07 bits per heavy atom. The van der Waals surface area contributed by atoms with Crippen molar-refractivity contribution in [3.63, 3.8) is 0 Å². The number of nitrogens with zero attached hydrogens (tertiary/aromatic N) is 1. The van der Waals surface area contributed by atoms with Crippen molar-refractivity contribution in [1.29, 1.82) is 0 Å². The van der Waals surface area contributed by atoms with Crippen LogP contribution >= 0.6 is 24.0 Å². The Kier molecular flexibility index (Phi) is 9.83. The molecule has 0 saturated carbocycles. The van der Waals surface area contributed by atoms with Crippen molar-refractivity contribution in [2.24, 2.45) is 0 Å². The number of carbonyl (C=O) groups is 2. The molecular weight excluding hydrogens is 419 g/mol. The minimum atomic E-state index is 0. The molecule has 1 aliphatic heterocycles. The highest BCUT2D eigenvalue weighted by Crippen LogP contribution is 2.21. The van der Waals surface area contributed by atoms with Gasteiger partial charge >= 0.3 is 0 Å². The summed E-state index contributed by atoms with van der Waals surface area (Å²) in [6, 6.07) is 13.9. The third-order valence-electron chi connectivity index (χ3n) is 5.52.